The predicted octanol–water partition coefficient (Wildman–Crippen LogP) is 3.48. The molecule has 1 aromatic carbocycles. The molecule has 1 unspecified atom stereocenters. The Labute approximate surface area is 197 Å². The molecule has 1 aliphatic carbocycles. The minimum absolute atomic E-state index is 0.0636. The summed E-state index contributed by atoms with van der Waals surface area (Å²) in [6.45, 7) is 5.97. The minimum Gasteiger partial charge on any atom is -0.496 e. The summed E-state index contributed by atoms with van der Waals surface area (Å²) in [5.74, 6) is 0.900. The third-order valence-electron chi connectivity index (χ3n) is 7.01. The lowest BCUT2D eigenvalue weighted by atomic mass is 9.86. The highest BCUT2D eigenvalue weighted by Crippen LogP contribution is 2.27. The Hall–Kier alpha value is -2.57. The summed E-state index contributed by atoms with van der Waals surface area (Å²) in [6.07, 6.45) is 8.04. The van der Waals surface area contributed by atoms with Crippen LogP contribution in [0.3, 0.4) is 0 Å². The molecule has 1 heterocycles. The summed E-state index contributed by atoms with van der Waals surface area (Å²) in [6, 6.07) is 6.36. The first-order chi connectivity index (χ1) is 15.9. The summed E-state index contributed by atoms with van der Waals surface area (Å²) in [4.78, 5) is 42.4. The molecule has 1 N–H and O–H groups in total. The van der Waals surface area contributed by atoms with E-state index in [4.69, 9.17) is 4.74 Å². The largest absolute Gasteiger partial charge is 0.496 e. The second kappa shape index (κ2) is 12.1. The van der Waals surface area contributed by atoms with E-state index in [1.807, 2.05) is 18.7 Å². The van der Waals surface area contributed by atoms with Crippen LogP contribution in [-0.2, 0) is 9.59 Å². The molecule has 1 aliphatic heterocycles. The number of carbonyl (C=O) groups excluding carboxylic acids is 3. The van der Waals surface area contributed by atoms with Crippen LogP contribution >= 0.6 is 0 Å². The molecule has 3 rings (SSSR count). The molecule has 0 bridgehead atoms. The average Bonchev–Trinajstić information content (AvgIpc) is 2.85. The van der Waals surface area contributed by atoms with Crippen molar-refractivity contribution >= 4 is 17.7 Å². The van der Waals surface area contributed by atoms with Gasteiger partial charge in [-0.2, -0.15) is 0 Å². The van der Waals surface area contributed by atoms with Gasteiger partial charge in [-0.3, -0.25) is 14.4 Å². The number of carbonyl (C=O) groups is 3. The molecule has 7 nitrogen and oxygen atoms in total. The van der Waals surface area contributed by atoms with Crippen LogP contribution in [0.4, 0.5) is 0 Å². The van der Waals surface area contributed by atoms with Crippen LogP contribution in [-0.4, -0.2) is 66.9 Å². The van der Waals surface area contributed by atoms with Crippen LogP contribution in [0.2, 0.25) is 0 Å². The van der Waals surface area contributed by atoms with Crippen molar-refractivity contribution in [2.24, 2.45) is 11.8 Å². The highest BCUT2D eigenvalue weighted by atomic mass is 16.5. The Balaban J connectivity index is 1.51. The van der Waals surface area contributed by atoms with Crippen molar-refractivity contribution < 1.29 is 19.1 Å². The highest BCUT2D eigenvalue weighted by Gasteiger charge is 2.32. The molecule has 2 fully saturated rings. The summed E-state index contributed by atoms with van der Waals surface area (Å²) in [7, 11) is 1.52. The van der Waals surface area contributed by atoms with E-state index in [9.17, 15) is 14.4 Å². The fraction of sp³-hybridized carbons (Fsp3) is 0.654. The van der Waals surface area contributed by atoms with Gasteiger partial charge >= 0.3 is 0 Å². The second-order valence-electron chi connectivity index (χ2n) is 9.64. The van der Waals surface area contributed by atoms with Gasteiger partial charge in [0.05, 0.1) is 12.7 Å². The first-order valence-electron chi connectivity index (χ1n) is 12.4. The van der Waals surface area contributed by atoms with E-state index in [0.717, 1.165) is 6.42 Å². The highest BCUT2D eigenvalue weighted by molar-refractivity contribution is 5.99. The van der Waals surface area contributed by atoms with Gasteiger partial charge in [0.15, 0.2) is 0 Å². The molecule has 3 amide bonds. The van der Waals surface area contributed by atoms with Crippen LogP contribution in [0.25, 0.3) is 0 Å². The molecular weight excluding hydrogens is 418 g/mol. The predicted molar refractivity (Wildman–Crippen MR) is 128 cm³/mol. The second-order valence-corrected chi connectivity index (χ2v) is 9.64. The number of piperazine rings is 1. The maximum atomic E-state index is 13.2. The van der Waals surface area contributed by atoms with E-state index in [-0.39, 0.29) is 23.6 Å². The van der Waals surface area contributed by atoms with E-state index in [2.05, 4.69) is 5.32 Å². The molecule has 1 saturated heterocycles. The van der Waals surface area contributed by atoms with Gasteiger partial charge in [-0.05, 0) is 30.4 Å². The summed E-state index contributed by atoms with van der Waals surface area (Å²) >= 11 is 0. The summed E-state index contributed by atoms with van der Waals surface area (Å²) in [5, 5.41) is 2.90. The van der Waals surface area contributed by atoms with Crippen molar-refractivity contribution in [3.05, 3.63) is 29.8 Å². The van der Waals surface area contributed by atoms with E-state index in [0.29, 0.717) is 49.8 Å². The minimum atomic E-state index is -0.629. The molecule has 1 aromatic rings. The normalized spacial score (nSPS) is 18.2. The Kier molecular flexibility index (Phi) is 9.15. The number of benzene rings is 1. The van der Waals surface area contributed by atoms with Gasteiger partial charge in [0.1, 0.15) is 11.8 Å². The molecule has 1 saturated carbocycles. The Bertz CT molecular complexity index is 812. The van der Waals surface area contributed by atoms with E-state index < -0.39 is 6.04 Å². The number of nitrogens with one attached hydrogen (secondary N) is 1. The molecule has 0 radical (unpaired) electrons. The number of hydrogen-bond donors (Lipinski definition) is 1. The molecule has 0 spiro atoms. The fourth-order valence-electron chi connectivity index (χ4n) is 4.90. The van der Waals surface area contributed by atoms with Crippen LogP contribution < -0.4 is 10.1 Å². The Morgan fingerprint density at radius 2 is 1.64 bits per heavy atom. The van der Waals surface area contributed by atoms with Gasteiger partial charge in [-0.25, -0.2) is 0 Å². The van der Waals surface area contributed by atoms with Crippen molar-refractivity contribution in [1.82, 2.24) is 15.1 Å². The topological polar surface area (TPSA) is 79.0 Å². The number of methoxy groups -OCH3 is 1. The van der Waals surface area contributed by atoms with Crippen molar-refractivity contribution in [3.8, 4) is 5.75 Å². The van der Waals surface area contributed by atoms with Crippen LogP contribution in [0.1, 0.15) is 69.2 Å². The number of ether oxygens (including phenoxy) is 1. The number of hydrogen-bond acceptors (Lipinski definition) is 4. The molecule has 7 heteroatoms. The van der Waals surface area contributed by atoms with E-state index in [1.54, 1.807) is 29.2 Å². The molecular formula is C26H39N3O4. The van der Waals surface area contributed by atoms with Crippen molar-refractivity contribution in [1.29, 1.82) is 0 Å². The number of nitrogens with zero attached hydrogens (tertiary/aromatic N) is 2. The zero-order valence-corrected chi connectivity index (χ0v) is 20.3. The van der Waals surface area contributed by atoms with Gasteiger partial charge in [-0.1, -0.05) is 58.1 Å². The van der Waals surface area contributed by atoms with Crippen LogP contribution in [0.5, 0.6) is 5.75 Å². The molecule has 2 aliphatic rings. The van der Waals surface area contributed by atoms with Crippen molar-refractivity contribution in [3.63, 3.8) is 0 Å². The maximum Gasteiger partial charge on any atom is 0.255 e. The first kappa shape index (κ1) is 25.1. The number of rotatable bonds is 8. The molecule has 0 aromatic heterocycles. The van der Waals surface area contributed by atoms with Crippen molar-refractivity contribution in [2.45, 2.75) is 64.8 Å². The Morgan fingerprint density at radius 1 is 1.00 bits per heavy atom. The molecule has 33 heavy (non-hydrogen) atoms. The van der Waals surface area contributed by atoms with Crippen molar-refractivity contribution in [2.75, 3.05) is 33.3 Å². The monoisotopic (exact) mass is 457 g/mol. The zero-order valence-electron chi connectivity index (χ0n) is 20.3. The SMILES string of the molecule is COc1ccccc1C(=O)NC(C(=O)N1CCN(C(=O)CCC2CCCCC2)CC1)C(C)C. The lowest BCUT2D eigenvalue weighted by Crippen LogP contribution is -2.57. The third-order valence-corrected chi connectivity index (χ3v) is 7.01. The van der Waals surface area contributed by atoms with Gasteiger partial charge < -0.3 is 19.9 Å². The average molecular weight is 458 g/mol. The fourth-order valence-corrected chi connectivity index (χ4v) is 4.90. The van der Waals surface area contributed by atoms with E-state index >= 15 is 0 Å². The van der Waals surface area contributed by atoms with Gasteiger partial charge in [0, 0.05) is 32.6 Å². The van der Waals surface area contributed by atoms with Crippen LogP contribution in [0, 0.1) is 11.8 Å². The lowest BCUT2D eigenvalue weighted by molar-refractivity contribution is -0.141. The van der Waals surface area contributed by atoms with Gasteiger partial charge in [0.25, 0.3) is 5.91 Å². The summed E-state index contributed by atoms with van der Waals surface area (Å²) in [5.41, 5.74) is 0.409. The van der Waals surface area contributed by atoms with Gasteiger partial charge in [0.2, 0.25) is 11.8 Å². The molecule has 182 valence electrons. The lowest BCUT2D eigenvalue weighted by Gasteiger charge is -2.37. The standard InChI is InChI=1S/C26H39N3O4/c1-19(2)24(27-25(31)21-11-7-8-12-22(21)33-3)26(32)29-17-15-28(16-18-29)23(30)14-13-20-9-5-4-6-10-20/h7-8,11-12,19-20,24H,4-6,9-10,13-18H2,1-3H3,(H,27,31). The molecule has 1 atom stereocenters. The number of para-hydroxylation sites is 1. The Morgan fingerprint density at radius 3 is 2.27 bits per heavy atom. The maximum absolute atomic E-state index is 13.2. The first-order valence-corrected chi connectivity index (χ1v) is 12.4. The number of amides is 3. The summed E-state index contributed by atoms with van der Waals surface area (Å²) < 4.78 is 5.28. The van der Waals surface area contributed by atoms with Crippen LogP contribution in [0.15, 0.2) is 24.3 Å². The van der Waals surface area contributed by atoms with Gasteiger partial charge in [-0.15, -0.1) is 0 Å². The zero-order chi connectivity index (χ0) is 23.8. The third kappa shape index (κ3) is 6.71. The quantitative estimate of drug-likeness (QED) is 0.648. The smallest absolute Gasteiger partial charge is 0.255 e. The van der Waals surface area contributed by atoms with E-state index in [1.165, 1.54) is 39.2 Å².